The zero-order valence-electron chi connectivity index (χ0n) is 17.6. The molecule has 158 valence electrons. The van der Waals surface area contributed by atoms with E-state index in [1.54, 1.807) is 6.20 Å². The molecule has 0 radical (unpaired) electrons. The smallest absolute Gasteiger partial charge is 0.259 e. The van der Waals surface area contributed by atoms with Crippen LogP contribution in [0.5, 0.6) is 0 Å². The fourth-order valence-corrected chi connectivity index (χ4v) is 6.22. The summed E-state index contributed by atoms with van der Waals surface area (Å²) in [6.07, 6.45) is 13.7. The summed E-state index contributed by atoms with van der Waals surface area (Å²) < 4.78 is 0. The largest absolute Gasteiger partial charge is 0.356 e. The van der Waals surface area contributed by atoms with Crippen LogP contribution in [-0.4, -0.2) is 29.2 Å². The molecule has 1 amide bonds. The Kier molecular flexibility index (Phi) is 5.72. The minimum absolute atomic E-state index is 0.0652. The molecule has 2 aliphatic carbocycles. The van der Waals surface area contributed by atoms with Gasteiger partial charge in [0.05, 0.1) is 5.56 Å². The van der Waals surface area contributed by atoms with Gasteiger partial charge in [0.2, 0.25) is 0 Å². The lowest BCUT2D eigenvalue weighted by atomic mass is 9.93. The van der Waals surface area contributed by atoms with Gasteiger partial charge in [-0.1, -0.05) is 25.3 Å². The zero-order chi connectivity index (χ0) is 20.4. The maximum absolute atomic E-state index is 13.1. The summed E-state index contributed by atoms with van der Waals surface area (Å²) in [6.45, 7) is 2.01. The molecule has 0 unspecified atom stereocenters. The second kappa shape index (κ2) is 8.62. The van der Waals surface area contributed by atoms with Gasteiger partial charge in [-0.2, -0.15) is 0 Å². The number of carbonyl (C=O) groups excluding carboxylic acids is 1. The highest BCUT2D eigenvalue weighted by atomic mass is 32.2. The summed E-state index contributed by atoms with van der Waals surface area (Å²) >= 11 is 1.96. The van der Waals surface area contributed by atoms with Gasteiger partial charge in [0.25, 0.3) is 5.91 Å². The van der Waals surface area contributed by atoms with Crippen molar-refractivity contribution in [2.45, 2.75) is 67.9 Å². The lowest BCUT2D eigenvalue weighted by Crippen LogP contribution is -2.36. The second-order valence-electron chi connectivity index (χ2n) is 9.22. The van der Waals surface area contributed by atoms with E-state index >= 15 is 0 Å². The van der Waals surface area contributed by atoms with Crippen LogP contribution in [0, 0.1) is 5.41 Å². The molecule has 1 spiro atoms. The lowest BCUT2D eigenvalue weighted by molar-refractivity contribution is 0.102. The van der Waals surface area contributed by atoms with E-state index in [1.807, 2.05) is 36.0 Å². The summed E-state index contributed by atoms with van der Waals surface area (Å²) in [7, 11) is 0. The number of pyridine rings is 1. The van der Waals surface area contributed by atoms with Crippen LogP contribution >= 0.6 is 11.8 Å². The highest BCUT2D eigenvalue weighted by Gasteiger charge is 2.44. The number of nitrogens with zero attached hydrogens (tertiary/aromatic N) is 2. The van der Waals surface area contributed by atoms with E-state index in [4.69, 9.17) is 0 Å². The van der Waals surface area contributed by atoms with Crippen molar-refractivity contribution in [1.82, 2.24) is 4.98 Å². The minimum Gasteiger partial charge on any atom is -0.356 e. The third-order valence-electron chi connectivity index (χ3n) is 7.06. The van der Waals surface area contributed by atoms with E-state index in [9.17, 15) is 4.79 Å². The van der Waals surface area contributed by atoms with Crippen molar-refractivity contribution in [1.29, 1.82) is 0 Å². The first-order valence-electron chi connectivity index (χ1n) is 11.5. The number of nitrogens with one attached hydrogen (secondary N) is 1. The Bertz CT molecular complexity index is 895. The number of thioether (sulfide) groups is 1. The first-order chi connectivity index (χ1) is 14.7. The number of hydrogen-bond acceptors (Lipinski definition) is 4. The predicted octanol–water partition coefficient (Wildman–Crippen LogP) is 6.14. The van der Waals surface area contributed by atoms with Gasteiger partial charge in [0.15, 0.2) is 0 Å². The van der Waals surface area contributed by atoms with Crippen LogP contribution in [0.3, 0.4) is 0 Å². The van der Waals surface area contributed by atoms with Crippen molar-refractivity contribution in [3.63, 3.8) is 0 Å². The molecule has 1 aromatic heterocycles. The lowest BCUT2D eigenvalue weighted by Gasteiger charge is -2.33. The molecule has 30 heavy (non-hydrogen) atoms. The highest BCUT2D eigenvalue weighted by molar-refractivity contribution is 8.00. The minimum atomic E-state index is -0.0652. The highest BCUT2D eigenvalue weighted by Crippen LogP contribution is 2.53. The first kappa shape index (κ1) is 19.9. The number of anilines is 2. The van der Waals surface area contributed by atoms with Gasteiger partial charge in [0.1, 0.15) is 5.82 Å². The number of carbonyl (C=O) groups is 1. The molecular formula is C25H31N3OS. The Hall–Kier alpha value is -2.01. The Balaban J connectivity index is 1.27. The van der Waals surface area contributed by atoms with Crippen molar-refractivity contribution in [3.05, 3.63) is 48.2 Å². The number of hydrogen-bond donors (Lipinski definition) is 1. The van der Waals surface area contributed by atoms with Crippen LogP contribution in [0.15, 0.2) is 47.5 Å². The van der Waals surface area contributed by atoms with Crippen molar-refractivity contribution in [2.75, 3.05) is 23.3 Å². The fourth-order valence-electron chi connectivity index (χ4n) is 4.92. The van der Waals surface area contributed by atoms with Crippen LogP contribution in [0.2, 0.25) is 0 Å². The predicted molar refractivity (Wildman–Crippen MR) is 124 cm³/mol. The van der Waals surface area contributed by atoms with Crippen LogP contribution < -0.4 is 10.2 Å². The van der Waals surface area contributed by atoms with E-state index in [-0.39, 0.29) is 5.91 Å². The van der Waals surface area contributed by atoms with Crippen LogP contribution in [0.1, 0.15) is 68.1 Å². The number of benzene rings is 1. The van der Waals surface area contributed by atoms with Crippen LogP contribution in [0.25, 0.3) is 0 Å². The Morgan fingerprint density at radius 2 is 1.83 bits per heavy atom. The molecule has 1 N–H and O–H groups in total. The molecule has 1 saturated heterocycles. The van der Waals surface area contributed by atoms with E-state index in [2.05, 4.69) is 27.3 Å². The quantitative estimate of drug-likeness (QED) is 0.630. The van der Waals surface area contributed by atoms with Gasteiger partial charge in [0, 0.05) is 35.1 Å². The zero-order valence-corrected chi connectivity index (χ0v) is 18.4. The number of aromatic nitrogens is 1. The van der Waals surface area contributed by atoms with Crippen molar-refractivity contribution in [2.24, 2.45) is 5.41 Å². The van der Waals surface area contributed by atoms with Gasteiger partial charge in [-0.25, -0.2) is 4.98 Å². The maximum atomic E-state index is 13.1. The fraction of sp³-hybridized carbons (Fsp3) is 0.520. The molecule has 3 aliphatic rings. The average Bonchev–Trinajstić information content (AvgIpc) is 3.54. The molecule has 2 heterocycles. The third-order valence-corrected chi connectivity index (χ3v) is 8.39. The van der Waals surface area contributed by atoms with Crippen molar-refractivity contribution in [3.8, 4) is 0 Å². The Morgan fingerprint density at radius 1 is 1.03 bits per heavy atom. The summed E-state index contributed by atoms with van der Waals surface area (Å²) in [4.78, 5) is 21.3. The molecule has 4 nitrogen and oxygen atoms in total. The SMILES string of the molecule is O=C(Nc1cccc(SC2CCCCC2)c1)c1cccnc1N1CCC2(CC1)CC2. The van der Waals surface area contributed by atoms with Gasteiger partial charge < -0.3 is 10.2 Å². The number of piperidine rings is 1. The van der Waals surface area contributed by atoms with E-state index in [0.717, 1.165) is 24.6 Å². The third kappa shape index (κ3) is 4.51. The normalized spacial score (nSPS) is 20.9. The van der Waals surface area contributed by atoms with E-state index in [1.165, 1.54) is 62.7 Å². The van der Waals surface area contributed by atoms with Crippen molar-refractivity contribution >= 4 is 29.2 Å². The molecule has 5 rings (SSSR count). The molecule has 0 atom stereocenters. The topological polar surface area (TPSA) is 45.2 Å². The van der Waals surface area contributed by atoms with Gasteiger partial charge >= 0.3 is 0 Å². The van der Waals surface area contributed by atoms with Crippen LogP contribution in [-0.2, 0) is 0 Å². The molecule has 1 aliphatic heterocycles. The molecule has 3 fully saturated rings. The molecule has 1 aromatic carbocycles. The Morgan fingerprint density at radius 3 is 2.60 bits per heavy atom. The van der Waals surface area contributed by atoms with Gasteiger partial charge in [-0.15, -0.1) is 11.8 Å². The van der Waals surface area contributed by atoms with Gasteiger partial charge in [-0.05, 0) is 74.3 Å². The molecule has 5 heteroatoms. The monoisotopic (exact) mass is 421 g/mol. The standard InChI is InChI=1S/C25H31N3OS/c29-24(27-19-6-4-9-21(18-19)30-20-7-2-1-3-8-20)22-10-5-15-26-23(22)28-16-13-25(11-12-25)14-17-28/h4-6,9-10,15,18,20H,1-3,7-8,11-14,16-17H2,(H,27,29). The second-order valence-corrected chi connectivity index (χ2v) is 10.6. The average molecular weight is 422 g/mol. The summed E-state index contributed by atoms with van der Waals surface area (Å²) in [5.74, 6) is 0.767. The number of amides is 1. The molecule has 2 aromatic rings. The van der Waals surface area contributed by atoms with Crippen molar-refractivity contribution < 1.29 is 4.79 Å². The number of rotatable bonds is 5. The Labute approximate surface area is 183 Å². The van der Waals surface area contributed by atoms with Crippen LogP contribution in [0.4, 0.5) is 11.5 Å². The summed E-state index contributed by atoms with van der Waals surface area (Å²) in [5.41, 5.74) is 2.16. The first-order valence-corrected chi connectivity index (χ1v) is 12.4. The van der Waals surface area contributed by atoms with Gasteiger partial charge in [-0.3, -0.25) is 4.79 Å². The maximum Gasteiger partial charge on any atom is 0.259 e. The summed E-state index contributed by atoms with van der Waals surface area (Å²) in [5, 5.41) is 3.84. The molecule has 0 bridgehead atoms. The van der Waals surface area contributed by atoms with E-state index < -0.39 is 0 Å². The summed E-state index contributed by atoms with van der Waals surface area (Å²) in [6, 6.07) is 12.1. The molecular weight excluding hydrogens is 390 g/mol. The molecule has 2 saturated carbocycles. The van der Waals surface area contributed by atoms with E-state index in [0.29, 0.717) is 16.2 Å².